The van der Waals surface area contributed by atoms with Crippen LogP contribution in [-0.4, -0.2) is 29.5 Å². The van der Waals surface area contributed by atoms with Gasteiger partial charge in [-0.2, -0.15) is 18.4 Å². The molecule has 0 bridgehead atoms. The van der Waals surface area contributed by atoms with E-state index in [-0.39, 0.29) is 31.6 Å². The maximum absolute atomic E-state index is 13.2. The van der Waals surface area contributed by atoms with E-state index in [0.29, 0.717) is 22.4 Å². The second kappa shape index (κ2) is 8.07. The van der Waals surface area contributed by atoms with E-state index in [1.54, 1.807) is 6.07 Å². The molecule has 1 aromatic carbocycles. The van der Waals surface area contributed by atoms with Crippen LogP contribution in [0.3, 0.4) is 0 Å². The third-order valence-electron chi connectivity index (χ3n) is 4.72. The number of aryl methyl sites for hydroxylation is 1. The molecule has 1 aliphatic rings. The number of nitrogens with one attached hydrogen (secondary N) is 1. The van der Waals surface area contributed by atoms with Gasteiger partial charge >= 0.3 is 6.18 Å². The molecule has 1 N–H and O–H groups in total. The molecule has 2 heterocycles. The largest absolute Gasteiger partial charge is 0.416 e. The summed E-state index contributed by atoms with van der Waals surface area (Å²) in [6.45, 7) is 0.160. The van der Waals surface area contributed by atoms with Crippen LogP contribution < -0.4 is 5.32 Å². The predicted octanol–water partition coefficient (Wildman–Crippen LogP) is 3.84. The Morgan fingerprint density at radius 1 is 1.29 bits per heavy atom. The molecule has 2 atom stereocenters. The van der Waals surface area contributed by atoms with Gasteiger partial charge in [-0.15, -0.1) is 0 Å². The zero-order valence-electron chi connectivity index (χ0n) is 14.8. The molecule has 146 valence electrons. The van der Waals surface area contributed by atoms with Crippen LogP contribution in [0, 0.1) is 11.3 Å². The number of nitriles is 1. The summed E-state index contributed by atoms with van der Waals surface area (Å²) in [7, 11) is 0. The highest BCUT2D eigenvalue weighted by Crippen LogP contribution is 2.31. The molecule has 2 aromatic rings. The predicted molar refractivity (Wildman–Crippen MR) is 94.0 cm³/mol. The van der Waals surface area contributed by atoms with Crippen LogP contribution in [0.4, 0.5) is 17.6 Å². The smallest absolute Gasteiger partial charge is 0.304 e. The van der Waals surface area contributed by atoms with Crippen molar-refractivity contribution in [1.29, 1.82) is 5.26 Å². The molecule has 28 heavy (non-hydrogen) atoms. The average molecular weight is 391 g/mol. The molecule has 0 unspecified atom stereocenters. The van der Waals surface area contributed by atoms with Gasteiger partial charge in [0.1, 0.15) is 18.0 Å². The Labute approximate surface area is 159 Å². The van der Waals surface area contributed by atoms with E-state index in [0.717, 1.165) is 12.1 Å². The summed E-state index contributed by atoms with van der Waals surface area (Å²) in [5.41, 5.74) is 1.01. The number of rotatable bonds is 5. The number of carbonyl (C=O) groups is 1. The minimum Gasteiger partial charge on any atom is -0.304 e. The molecular weight excluding hydrogens is 374 g/mol. The zero-order valence-corrected chi connectivity index (χ0v) is 14.8. The Balaban J connectivity index is 1.76. The molecule has 0 amide bonds. The number of carbonyl (C=O) groups excluding carboxylic acids is 1. The SMILES string of the molecule is N#Cc1cnc(-c2ccc(C(F)(F)F)cc2)cc1CCC(=O)[C@@H]1C[C@@H](F)CN1. The summed E-state index contributed by atoms with van der Waals surface area (Å²) in [4.78, 5) is 16.4. The van der Waals surface area contributed by atoms with Crippen molar-refractivity contribution in [1.82, 2.24) is 10.3 Å². The monoisotopic (exact) mass is 391 g/mol. The van der Waals surface area contributed by atoms with E-state index >= 15 is 0 Å². The minimum absolute atomic E-state index is 0.128. The fourth-order valence-corrected chi connectivity index (χ4v) is 3.16. The van der Waals surface area contributed by atoms with Crippen LogP contribution in [0.5, 0.6) is 0 Å². The van der Waals surface area contributed by atoms with Crippen molar-refractivity contribution in [2.45, 2.75) is 37.7 Å². The lowest BCUT2D eigenvalue weighted by Gasteiger charge is -2.11. The summed E-state index contributed by atoms with van der Waals surface area (Å²) < 4.78 is 51.3. The molecule has 8 heteroatoms. The minimum atomic E-state index is -4.42. The number of benzene rings is 1. The van der Waals surface area contributed by atoms with Crippen LogP contribution in [0.2, 0.25) is 0 Å². The van der Waals surface area contributed by atoms with Gasteiger partial charge in [-0.3, -0.25) is 9.78 Å². The number of nitrogens with zero attached hydrogens (tertiary/aromatic N) is 2. The zero-order chi connectivity index (χ0) is 20.3. The maximum Gasteiger partial charge on any atom is 0.416 e. The molecule has 0 spiro atoms. The Morgan fingerprint density at radius 2 is 2.00 bits per heavy atom. The summed E-state index contributed by atoms with van der Waals surface area (Å²) in [6.07, 6.45) is -3.55. The van der Waals surface area contributed by atoms with Crippen molar-refractivity contribution >= 4 is 5.78 Å². The number of hydrogen-bond donors (Lipinski definition) is 1. The van der Waals surface area contributed by atoms with Crippen molar-refractivity contribution in [2.75, 3.05) is 6.54 Å². The Kier molecular flexibility index (Phi) is 5.75. The van der Waals surface area contributed by atoms with Gasteiger partial charge < -0.3 is 5.32 Å². The molecule has 0 saturated carbocycles. The van der Waals surface area contributed by atoms with Crippen LogP contribution in [-0.2, 0) is 17.4 Å². The summed E-state index contributed by atoms with van der Waals surface area (Å²) in [6, 6.07) is 7.66. The van der Waals surface area contributed by atoms with Gasteiger partial charge in [0, 0.05) is 31.1 Å². The molecule has 1 saturated heterocycles. The highest BCUT2D eigenvalue weighted by Gasteiger charge is 2.30. The van der Waals surface area contributed by atoms with E-state index in [2.05, 4.69) is 10.3 Å². The van der Waals surface area contributed by atoms with Gasteiger partial charge in [-0.1, -0.05) is 12.1 Å². The first-order valence-corrected chi connectivity index (χ1v) is 8.74. The standard InChI is InChI=1S/C20H17F4N3O/c21-16-8-18(27-11-16)19(28)6-3-13-7-17(26-10-14(13)9-25)12-1-4-15(5-2-12)20(22,23)24/h1-2,4-5,7,10,16,18,27H,3,6,8,11H2/t16-,18+/m1/s1. The fourth-order valence-electron chi connectivity index (χ4n) is 3.16. The highest BCUT2D eigenvalue weighted by molar-refractivity contribution is 5.84. The Hall–Kier alpha value is -2.79. The normalized spacial score (nSPS) is 19.4. The molecule has 1 fully saturated rings. The second-order valence-corrected chi connectivity index (χ2v) is 6.67. The molecular formula is C20H17F4N3O. The van der Waals surface area contributed by atoms with Crippen molar-refractivity contribution in [3.05, 3.63) is 53.2 Å². The Morgan fingerprint density at radius 3 is 2.57 bits per heavy atom. The van der Waals surface area contributed by atoms with Gasteiger partial charge in [0.25, 0.3) is 0 Å². The van der Waals surface area contributed by atoms with Crippen LogP contribution in [0.25, 0.3) is 11.3 Å². The number of pyridine rings is 1. The number of alkyl halides is 4. The first-order chi connectivity index (χ1) is 13.3. The van der Waals surface area contributed by atoms with Crippen LogP contribution in [0.1, 0.15) is 29.5 Å². The lowest BCUT2D eigenvalue weighted by Crippen LogP contribution is -2.30. The Bertz CT molecular complexity index is 903. The first kappa shape index (κ1) is 20.0. The van der Waals surface area contributed by atoms with Gasteiger partial charge in [-0.05, 0) is 30.2 Å². The number of halogens is 4. The third-order valence-corrected chi connectivity index (χ3v) is 4.72. The molecule has 0 aliphatic carbocycles. The average Bonchev–Trinajstić information content (AvgIpc) is 3.11. The van der Waals surface area contributed by atoms with E-state index in [4.69, 9.17) is 0 Å². The molecule has 4 nitrogen and oxygen atoms in total. The quantitative estimate of drug-likeness (QED) is 0.787. The van der Waals surface area contributed by atoms with E-state index < -0.39 is 24.0 Å². The number of Topliss-reactive ketones (excluding diaryl/α,β-unsaturated/α-hetero) is 1. The summed E-state index contributed by atoms with van der Waals surface area (Å²) in [5.74, 6) is -0.128. The van der Waals surface area contributed by atoms with Crippen LogP contribution in [0.15, 0.2) is 36.5 Å². The summed E-state index contributed by atoms with van der Waals surface area (Å²) in [5, 5.41) is 12.1. The van der Waals surface area contributed by atoms with Crippen molar-refractivity contribution in [2.24, 2.45) is 0 Å². The highest BCUT2D eigenvalue weighted by atomic mass is 19.4. The first-order valence-electron chi connectivity index (χ1n) is 8.74. The molecule has 1 aliphatic heterocycles. The lowest BCUT2D eigenvalue weighted by molar-refractivity contribution is -0.137. The van der Waals surface area contributed by atoms with Gasteiger partial charge in [0.15, 0.2) is 0 Å². The van der Waals surface area contributed by atoms with Crippen molar-refractivity contribution < 1.29 is 22.4 Å². The summed E-state index contributed by atoms with van der Waals surface area (Å²) >= 11 is 0. The molecule has 3 rings (SSSR count). The van der Waals surface area contributed by atoms with Crippen molar-refractivity contribution in [3.8, 4) is 17.3 Å². The van der Waals surface area contributed by atoms with Gasteiger partial charge in [0.2, 0.25) is 0 Å². The lowest BCUT2D eigenvalue weighted by atomic mass is 9.98. The molecule has 1 aromatic heterocycles. The number of aromatic nitrogens is 1. The second-order valence-electron chi connectivity index (χ2n) is 6.67. The number of hydrogen-bond acceptors (Lipinski definition) is 4. The van der Waals surface area contributed by atoms with Crippen molar-refractivity contribution in [3.63, 3.8) is 0 Å². The van der Waals surface area contributed by atoms with Crippen LogP contribution >= 0.6 is 0 Å². The van der Waals surface area contributed by atoms with E-state index in [9.17, 15) is 27.6 Å². The third kappa shape index (κ3) is 4.54. The van der Waals surface area contributed by atoms with Gasteiger partial charge in [0.05, 0.1) is 22.9 Å². The fraction of sp³-hybridized carbons (Fsp3) is 0.350. The van der Waals surface area contributed by atoms with E-state index in [1.165, 1.54) is 18.3 Å². The number of ketones is 1. The maximum atomic E-state index is 13.2. The van der Waals surface area contributed by atoms with E-state index in [1.807, 2.05) is 6.07 Å². The topological polar surface area (TPSA) is 65.8 Å². The molecule has 0 radical (unpaired) electrons. The van der Waals surface area contributed by atoms with Gasteiger partial charge in [-0.25, -0.2) is 4.39 Å².